The van der Waals surface area contributed by atoms with E-state index in [1.165, 1.54) is 141 Å². The third-order valence-electron chi connectivity index (χ3n) is 19.4. The highest BCUT2D eigenvalue weighted by molar-refractivity contribution is 7.00. The molecule has 2 heterocycles. The number of para-hydroxylation sites is 1. The molecule has 0 saturated heterocycles. The van der Waals surface area contributed by atoms with Crippen LogP contribution in [0.25, 0.3) is 33.4 Å². The second-order valence-electron chi connectivity index (χ2n) is 27.5. The lowest BCUT2D eigenvalue weighted by Gasteiger charge is -2.48. The Bertz CT molecular complexity index is 3690. The molecule has 8 aromatic carbocycles. The average molecular weight is 979 g/mol. The Morgan fingerprint density at radius 2 is 0.840 bits per heavy atom. The summed E-state index contributed by atoms with van der Waals surface area (Å²) in [7, 11) is 0. The fourth-order valence-electron chi connectivity index (χ4n) is 14.6. The summed E-state index contributed by atoms with van der Waals surface area (Å²) < 4.78 is 0. The summed E-state index contributed by atoms with van der Waals surface area (Å²) in [6.45, 7) is 34.2. The van der Waals surface area contributed by atoms with Crippen LogP contribution in [0, 0.1) is 6.92 Å². The van der Waals surface area contributed by atoms with Crippen molar-refractivity contribution in [3.8, 4) is 33.4 Å². The van der Waals surface area contributed by atoms with E-state index in [-0.39, 0.29) is 39.2 Å². The molecule has 0 aromatic heterocycles. The van der Waals surface area contributed by atoms with E-state index in [1.807, 2.05) is 0 Å². The lowest BCUT2D eigenvalue weighted by molar-refractivity contribution is 0.331. The van der Waals surface area contributed by atoms with Crippen molar-refractivity contribution in [2.45, 2.75) is 155 Å². The minimum atomic E-state index is -0.212. The molecule has 75 heavy (non-hydrogen) atoms. The predicted molar refractivity (Wildman–Crippen MR) is 323 cm³/mol. The average Bonchev–Trinajstić information content (AvgIpc) is 3.64. The highest BCUT2D eigenvalue weighted by Crippen LogP contribution is 2.58. The summed E-state index contributed by atoms with van der Waals surface area (Å²) in [5.74, 6) is 0. The van der Waals surface area contributed by atoms with Crippen LogP contribution in [0.1, 0.15) is 160 Å². The smallest absolute Gasteiger partial charge is 0.252 e. The van der Waals surface area contributed by atoms with Crippen LogP contribution < -0.4 is 26.2 Å². The molecule has 0 fully saturated rings. The number of hydrogen-bond donors (Lipinski definition) is 0. The van der Waals surface area contributed by atoms with E-state index >= 15 is 0 Å². The summed E-state index contributed by atoms with van der Waals surface area (Å²) in [4.78, 5) is 5.39. The molecule has 8 aromatic rings. The Morgan fingerprint density at radius 3 is 1.43 bits per heavy atom. The summed E-state index contributed by atoms with van der Waals surface area (Å²) in [6.07, 6.45) is 4.71. The molecule has 0 N–H and O–H groups in total. The van der Waals surface area contributed by atoms with Gasteiger partial charge < -0.3 is 9.80 Å². The van der Waals surface area contributed by atoms with Crippen LogP contribution in [0.15, 0.2) is 152 Å². The molecule has 2 nitrogen and oxygen atoms in total. The molecule has 0 unspecified atom stereocenters. The number of anilines is 6. The molecular formula is C72H75BN2. The van der Waals surface area contributed by atoms with Gasteiger partial charge in [-0.3, -0.25) is 0 Å². The first kappa shape index (κ1) is 48.1. The van der Waals surface area contributed by atoms with Crippen LogP contribution in [-0.4, -0.2) is 6.71 Å². The molecule has 0 saturated carbocycles. The van der Waals surface area contributed by atoms with Gasteiger partial charge in [0.05, 0.1) is 5.69 Å². The van der Waals surface area contributed by atoms with Crippen molar-refractivity contribution in [1.29, 1.82) is 0 Å². The molecular weight excluding hydrogens is 904 g/mol. The number of benzene rings is 8. The second kappa shape index (κ2) is 16.0. The van der Waals surface area contributed by atoms with Gasteiger partial charge in [-0.2, -0.15) is 0 Å². The van der Waals surface area contributed by atoms with Gasteiger partial charge in [-0.25, -0.2) is 0 Å². The van der Waals surface area contributed by atoms with Gasteiger partial charge in [0.1, 0.15) is 0 Å². The Balaban J connectivity index is 1.19. The minimum Gasteiger partial charge on any atom is -0.311 e. The molecule has 3 aliphatic carbocycles. The van der Waals surface area contributed by atoms with Crippen molar-refractivity contribution >= 4 is 57.2 Å². The van der Waals surface area contributed by atoms with Crippen LogP contribution in [0.4, 0.5) is 34.1 Å². The Hall–Kier alpha value is -6.58. The molecule has 0 bridgehead atoms. The lowest BCUT2D eigenvalue weighted by atomic mass is 9.32. The second-order valence-corrected chi connectivity index (χ2v) is 27.5. The number of hydrogen-bond acceptors (Lipinski definition) is 2. The van der Waals surface area contributed by atoms with Crippen molar-refractivity contribution in [3.05, 3.63) is 196 Å². The molecule has 0 atom stereocenters. The van der Waals surface area contributed by atoms with Gasteiger partial charge in [0, 0.05) is 39.4 Å². The first-order valence-electron chi connectivity index (χ1n) is 28.1. The molecule has 2 aliphatic heterocycles. The van der Waals surface area contributed by atoms with Crippen LogP contribution in [0.5, 0.6) is 0 Å². The number of fused-ring (bicyclic) bond motifs is 9. The van der Waals surface area contributed by atoms with Crippen molar-refractivity contribution < 1.29 is 0 Å². The molecule has 376 valence electrons. The summed E-state index contributed by atoms with van der Waals surface area (Å²) >= 11 is 0. The van der Waals surface area contributed by atoms with Gasteiger partial charge in [0.25, 0.3) is 6.71 Å². The Morgan fingerprint density at radius 1 is 0.373 bits per heavy atom. The fourth-order valence-corrected chi connectivity index (χ4v) is 14.6. The van der Waals surface area contributed by atoms with Gasteiger partial charge in [-0.1, -0.05) is 199 Å². The van der Waals surface area contributed by atoms with Crippen LogP contribution in [0.3, 0.4) is 0 Å². The zero-order valence-corrected chi connectivity index (χ0v) is 47.2. The molecule has 3 heteroatoms. The zero-order chi connectivity index (χ0) is 52.5. The van der Waals surface area contributed by atoms with Crippen molar-refractivity contribution in [2.75, 3.05) is 9.80 Å². The lowest BCUT2D eigenvalue weighted by Crippen LogP contribution is -2.62. The molecule has 13 rings (SSSR count). The SMILES string of the molecule is Cc1cc(C(C)(C)C)ccc1N1c2cc3c(cc2B2c4cc5c(cc4N(c4ccccc4-c4ccccc4)c4cc(-c6ccccc6)cc1c42)-c1cc2c(cc1C5(C)C)C(C)(C)CCC2(C)C)C(C)(C)CCC3(C)C. The zero-order valence-electron chi connectivity index (χ0n) is 47.2. The van der Waals surface area contributed by atoms with Gasteiger partial charge >= 0.3 is 0 Å². The third-order valence-corrected chi connectivity index (χ3v) is 19.4. The fraction of sp³-hybridized carbons (Fsp3) is 0.333. The molecule has 5 aliphatic rings. The van der Waals surface area contributed by atoms with E-state index in [1.54, 1.807) is 0 Å². The number of aryl methyl sites for hydroxylation is 1. The van der Waals surface area contributed by atoms with Crippen molar-refractivity contribution in [2.24, 2.45) is 0 Å². The molecule has 0 amide bonds. The third kappa shape index (κ3) is 7.11. The molecule has 0 radical (unpaired) electrons. The van der Waals surface area contributed by atoms with Crippen LogP contribution >= 0.6 is 0 Å². The highest BCUT2D eigenvalue weighted by Gasteiger charge is 2.50. The number of rotatable bonds is 4. The quantitative estimate of drug-likeness (QED) is 0.162. The highest BCUT2D eigenvalue weighted by atomic mass is 15.2. The van der Waals surface area contributed by atoms with E-state index in [0.29, 0.717) is 0 Å². The summed E-state index contributed by atoms with van der Waals surface area (Å²) in [5.41, 5.74) is 31.0. The summed E-state index contributed by atoms with van der Waals surface area (Å²) in [6, 6.07) is 59.8. The Labute approximate surface area is 449 Å². The largest absolute Gasteiger partial charge is 0.311 e. The van der Waals surface area contributed by atoms with E-state index in [0.717, 1.165) is 12.8 Å². The first-order chi connectivity index (χ1) is 35.5. The molecule has 0 spiro atoms. The Kier molecular flexibility index (Phi) is 10.2. The standard InChI is InChI=1S/C72H75BN2/c1-44-35-48(67(2,3)4)29-30-60(44)74-63-43-57-56(70(9,10)33-34-71(57,11)12)42-59(63)73-58-41-53-51(50-38-54-55(40-52(50)72(53,13)14)69(7,8)32-31-68(54,5)6)39-62(58)75(61-28-22-21-27-49(61)46-25-19-16-20-26-46)65-37-47(36-64(74)66(65)73)45-23-17-15-18-24-45/h15-30,35-43H,31-34H2,1-14H3. The van der Waals surface area contributed by atoms with Gasteiger partial charge in [0.2, 0.25) is 0 Å². The number of nitrogens with zero attached hydrogens (tertiary/aromatic N) is 2. The monoisotopic (exact) mass is 979 g/mol. The van der Waals surface area contributed by atoms with E-state index < -0.39 is 0 Å². The van der Waals surface area contributed by atoms with Crippen molar-refractivity contribution in [1.82, 2.24) is 0 Å². The van der Waals surface area contributed by atoms with Gasteiger partial charge in [-0.05, 0) is 191 Å². The van der Waals surface area contributed by atoms with Crippen LogP contribution in [0.2, 0.25) is 0 Å². The van der Waals surface area contributed by atoms with Gasteiger partial charge in [0.15, 0.2) is 0 Å². The maximum Gasteiger partial charge on any atom is 0.252 e. The van der Waals surface area contributed by atoms with E-state index in [2.05, 4.69) is 258 Å². The van der Waals surface area contributed by atoms with Crippen LogP contribution in [-0.2, 0) is 32.5 Å². The van der Waals surface area contributed by atoms with Gasteiger partial charge in [-0.15, -0.1) is 0 Å². The maximum atomic E-state index is 2.71. The minimum absolute atomic E-state index is 0.0189. The maximum absolute atomic E-state index is 2.71. The summed E-state index contributed by atoms with van der Waals surface area (Å²) in [5, 5.41) is 0. The van der Waals surface area contributed by atoms with E-state index in [4.69, 9.17) is 0 Å². The predicted octanol–water partition coefficient (Wildman–Crippen LogP) is 17.7. The topological polar surface area (TPSA) is 6.48 Å². The van der Waals surface area contributed by atoms with E-state index in [9.17, 15) is 0 Å². The first-order valence-corrected chi connectivity index (χ1v) is 28.1. The normalized spacial score (nSPS) is 18.5. The van der Waals surface area contributed by atoms with Crippen molar-refractivity contribution in [3.63, 3.8) is 0 Å².